The summed E-state index contributed by atoms with van der Waals surface area (Å²) in [4.78, 5) is 0. The summed E-state index contributed by atoms with van der Waals surface area (Å²) < 4.78 is 0. The van der Waals surface area contributed by atoms with Crippen LogP contribution in [0.3, 0.4) is 0 Å². The molecule has 0 heterocycles. The second-order valence-electron chi connectivity index (χ2n) is 9.89. The Morgan fingerprint density at radius 3 is 1.55 bits per heavy atom. The fraction of sp³-hybridized carbons (Fsp3) is 0.556. The fourth-order valence-corrected chi connectivity index (χ4v) is 5.68. The van der Waals surface area contributed by atoms with Crippen LogP contribution >= 0.6 is 0 Å². The van der Waals surface area contributed by atoms with Crippen molar-refractivity contribution in [1.29, 1.82) is 0 Å². The van der Waals surface area contributed by atoms with E-state index in [9.17, 15) is 10.2 Å². The Balaban J connectivity index is 1.57. The minimum absolute atomic E-state index is 0.341. The molecule has 4 unspecified atom stereocenters. The molecule has 2 nitrogen and oxygen atoms in total. The zero-order valence-electron chi connectivity index (χ0n) is 18.0. The quantitative estimate of drug-likeness (QED) is 0.574. The van der Waals surface area contributed by atoms with Crippen molar-refractivity contribution in [2.45, 2.75) is 83.5 Å². The molecule has 2 aromatic rings. The molecule has 2 aliphatic rings. The van der Waals surface area contributed by atoms with E-state index in [-0.39, 0.29) is 0 Å². The van der Waals surface area contributed by atoms with E-state index in [4.69, 9.17) is 0 Å². The highest BCUT2D eigenvalue weighted by atomic mass is 16.3. The fourth-order valence-electron chi connectivity index (χ4n) is 5.68. The molecule has 2 N–H and O–H groups in total. The predicted octanol–water partition coefficient (Wildman–Crippen LogP) is 7.28. The Kier molecular flexibility index (Phi) is 6.18. The van der Waals surface area contributed by atoms with Crippen molar-refractivity contribution < 1.29 is 10.2 Å². The van der Waals surface area contributed by atoms with Crippen LogP contribution in [-0.4, -0.2) is 10.2 Å². The zero-order chi connectivity index (χ0) is 20.4. The Morgan fingerprint density at radius 1 is 0.690 bits per heavy atom. The van der Waals surface area contributed by atoms with Crippen LogP contribution in [0.5, 0.6) is 11.5 Å². The van der Waals surface area contributed by atoms with Gasteiger partial charge >= 0.3 is 0 Å². The highest BCUT2D eigenvalue weighted by Gasteiger charge is 2.23. The van der Waals surface area contributed by atoms with Crippen LogP contribution in [0.2, 0.25) is 0 Å². The Labute approximate surface area is 176 Å². The van der Waals surface area contributed by atoms with Crippen molar-refractivity contribution in [2.75, 3.05) is 0 Å². The molecular weight excluding hydrogens is 356 g/mol. The molecule has 2 heteroatoms. The van der Waals surface area contributed by atoms with Crippen molar-refractivity contribution in [3.05, 3.63) is 58.7 Å². The Hall–Kier alpha value is -1.96. The molecule has 0 aromatic heterocycles. The predicted molar refractivity (Wildman–Crippen MR) is 120 cm³/mol. The van der Waals surface area contributed by atoms with E-state index in [1.807, 2.05) is 12.1 Å². The van der Waals surface area contributed by atoms with Crippen molar-refractivity contribution in [2.24, 2.45) is 11.8 Å². The Bertz CT molecular complexity index is 771. The third-order valence-corrected chi connectivity index (χ3v) is 7.40. The summed E-state index contributed by atoms with van der Waals surface area (Å²) in [7, 11) is 0. The normalized spacial score (nSPS) is 27.7. The highest BCUT2D eigenvalue weighted by molar-refractivity contribution is 5.45. The molecule has 0 saturated heterocycles. The first-order valence-corrected chi connectivity index (χ1v) is 11.6. The summed E-state index contributed by atoms with van der Waals surface area (Å²) in [5, 5.41) is 21.0. The molecule has 0 spiro atoms. The summed E-state index contributed by atoms with van der Waals surface area (Å²) in [5.74, 6) is 3.44. The lowest BCUT2D eigenvalue weighted by molar-refractivity contribution is 0.343. The molecule has 2 fully saturated rings. The molecule has 2 saturated carbocycles. The van der Waals surface area contributed by atoms with E-state index in [1.54, 1.807) is 0 Å². The molecular formula is C27H36O2. The van der Waals surface area contributed by atoms with Gasteiger partial charge in [0.15, 0.2) is 0 Å². The topological polar surface area (TPSA) is 40.5 Å². The van der Waals surface area contributed by atoms with Crippen molar-refractivity contribution in [3.8, 4) is 11.5 Å². The molecule has 4 atom stereocenters. The molecule has 0 radical (unpaired) electrons. The van der Waals surface area contributed by atoms with Gasteiger partial charge in [0.05, 0.1) is 0 Å². The minimum Gasteiger partial charge on any atom is -0.508 e. The first-order chi connectivity index (χ1) is 14.0. The smallest absolute Gasteiger partial charge is 0.119 e. The summed E-state index contributed by atoms with van der Waals surface area (Å²) in [6, 6.07) is 12.3. The highest BCUT2D eigenvalue weighted by Crippen LogP contribution is 2.39. The number of hydrogen-bond donors (Lipinski definition) is 2. The van der Waals surface area contributed by atoms with Crippen LogP contribution in [0, 0.1) is 11.8 Å². The van der Waals surface area contributed by atoms with E-state index in [0.717, 1.165) is 23.0 Å². The largest absolute Gasteiger partial charge is 0.508 e. The summed E-state index contributed by atoms with van der Waals surface area (Å²) in [5.41, 5.74) is 4.57. The van der Waals surface area contributed by atoms with Crippen LogP contribution in [0.15, 0.2) is 36.4 Å². The molecule has 0 aliphatic heterocycles. The molecule has 0 bridgehead atoms. The standard InChI is InChI=1S/C27H36O2/c1-18-5-3-7-20(13-18)22-9-11-26(28)24(15-22)17-25-16-23(10-12-27(25)29)21-8-4-6-19(2)14-21/h9-12,15-16,18-21,28-29H,3-8,13-14,17H2,1-2H3. The van der Waals surface area contributed by atoms with Gasteiger partial charge in [-0.15, -0.1) is 0 Å². The second kappa shape index (κ2) is 8.81. The number of phenols is 2. The van der Waals surface area contributed by atoms with Gasteiger partial charge in [-0.1, -0.05) is 63.8 Å². The number of phenolic OH excluding ortho intramolecular Hbond substituents is 2. The van der Waals surface area contributed by atoms with Gasteiger partial charge in [0, 0.05) is 6.42 Å². The summed E-state index contributed by atoms with van der Waals surface area (Å²) in [6.07, 6.45) is 10.8. The first kappa shape index (κ1) is 20.3. The van der Waals surface area contributed by atoms with Gasteiger partial charge in [0.2, 0.25) is 0 Å². The van der Waals surface area contributed by atoms with E-state index in [1.165, 1.54) is 62.5 Å². The van der Waals surface area contributed by atoms with Crippen molar-refractivity contribution >= 4 is 0 Å². The summed E-state index contributed by atoms with van der Waals surface area (Å²) in [6.45, 7) is 4.70. The maximum absolute atomic E-state index is 10.5. The SMILES string of the molecule is CC1CCCC(c2ccc(O)c(Cc3cc(C4CCCC(C)C4)ccc3O)c2)C1. The van der Waals surface area contributed by atoms with Gasteiger partial charge in [-0.2, -0.15) is 0 Å². The molecule has 4 rings (SSSR count). The van der Waals surface area contributed by atoms with E-state index in [0.29, 0.717) is 29.8 Å². The van der Waals surface area contributed by atoms with Crippen molar-refractivity contribution in [3.63, 3.8) is 0 Å². The molecule has 2 aromatic carbocycles. The molecule has 156 valence electrons. The first-order valence-electron chi connectivity index (χ1n) is 11.6. The molecule has 29 heavy (non-hydrogen) atoms. The van der Waals surface area contributed by atoms with Crippen LogP contribution in [0.1, 0.15) is 99.3 Å². The number of benzene rings is 2. The van der Waals surface area contributed by atoms with Crippen LogP contribution in [-0.2, 0) is 6.42 Å². The average Bonchev–Trinajstić information content (AvgIpc) is 2.71. The maximum Gasteiger partial charge on any atom is 0.119 e. The van der Waals surface area contributed by atoms with Crippen molar-refractivity contribution in [1.82, 2.24) is 0 Å². The lowest BCUT2D eigenvalue weighted by Crippen LogP contribution is -2.12. The Morgan fingerprint density at radius 2 is 1.14 bits per heavy atom. The van der Waals surface area contributed by atoms with Crippen LogP contribution in [0.4, 0.5) is 0 Å². The third kappa shape index (κ3) is 4.79. The average molecular weight is 393 g/mol. The van der Waals surface area contributed by atoms with E-state index >= 15 is 0 Å². The van der Waals surface area contributed by atoms with Gasteiger partial charge in [0.1, 0.15) is 11.5 Å². The minimum atomic E-state index is 0.341. The number of aromatic hydroxyl groups is 2. The van der Waals surface area contributed by atoms with Crippen LogP contribution < -0.4 is 0 Å². The molecule has 2 aliphatic carbocycles. The monoisotopic (exact) mass is 392 g/mol. The van der Waals surface area contributed by atoms with Gasteiger partial charge in [-0.05, 0) is 83.7 Å². The third-order valence-electron chi connectivity index (χ3n) is 7.40. The maximum atomic E-state index is 10.5. The van der Waals surface area contributed by atoms with Gasteiger partial charge in [-0.25, -0.2) is 0 Å². The lowest BCUT2D eigenvalue weighted by atomic mass is 9.78. The van der Waals surface area contributed by atoms with Gasteiger partial charge in [0.25, 0.3) is 0 Å². The number of hydrogen-bond acceptors (Lipinski definition) is 2. The van der Waals surface area contributed by atoms with Gasteiger partial charge < -0.3 is 10.2 Å². The van der Waals surface area contributed by atoms with Crippen LogP contribution in [0.25, 0.3) is 0 Å². The second-order valence-corrected chi connectivity index (χ2v) is 9.89. The lowest BCUT2D eigenvalue weighted by Gasteiger charge is -2.28. The zero-order valence-corrected chi connectivity index (χ0v) is 18.0. The van der Waals surface area contributed by atoms with E-state index in [2.05, 4.69) is 38.1 Å². The molecule has 0 amide bonds. The van der Waals surface area contributed by atoms with E-state index < -0.39 is 0 Å². The van der Waals surface area contributed by atoms with Gasteiger partial charge in [-0.3, -0.25) is 0 Å². The number of rotatable bonds is 4. The summed E-state index contributed by atoms with van der Waals surface area (Å²) >= 11 is 0.